The van der Waals surface area contributed by atoms with Crippen molar-refractivity contribution in [2.24, 2.45) is 45.8 Å². The topological polar surface area (TPSA) is 101 Å². The van der Waals surface area contributed by atoms with E-state index in [2.05, 4.69) is 27.7 Å². The number of carboxylic acid groups (broad SMARTS) is 2. The molecule has 9 atom stereocenters. The van der Waals surface area contributed by atoms with Crippen LogP contribution in [-0.4, -0.2) is 34.2 Å². The summed E-state index contributed by atoms with van der Waals surface area (Å²) in [7, 11) is 0. The minimum absolute atomic E-state index is 0.00207. The average Bonchev–Trinajstić information content (AvgIpc) is 2.85. The van der Waals surface area contributed by atoms with Gasteiger partial charge in [0.1, 0.15) is 6.10 Å². The number of aliphatic carboxylic acids is 2. The fourth-order valence-corrected chi connectivity index (χ4v) is 10.5. The summed E-state index contributed by atoms with van der Waals surface area (Å²) in [4.78, 5) is 35.9. The van der Waals surface area contributed by atoms with E-state index < -0.39 is 17.4 Å². The third-order valence-corrected chi connectivity index (χ3v) is 12.4. The zero-order valence-corrected chi connectivity index (χ0v) is 23.9. The van der Waals surface area contributed by atoms with Crippen molar-refractivity contribution < 1.29 is 29.3 Å². The second-order valence-corrected chi connectivity index (χ2v) is 14.3. The van der Waals surface area contributed by atoms with Crippen LogP contribution in [-0.2, 0) is 19.1 Å². The summed E-state index contributed by atoms with van der Waals surface area (Å²) >= 11 is 0. The SMILES string of the molecule is CC1CCC2(C(=O)O)CCC3C(=C2C1)CCC1C3(C)CCC2C(C)C(OC(=O)CCCC(=O)O)CCC21C. The van der Waals surface area contributed by atoms with Crippen LogP contribution in [0.3, 0.4) is 0 Å². The van der Waals surface area contributed by atoms with Crippen LogP contribution in [0.15, 0.2) is 11.1 Å². The van der Waals surface area contributed by atoms with Crippen molar-refractivity contribution in [2.45, 2.75) is 124 Å². The molecule has 2 N–H and O–H groups in total. The molecule has 0 radical (unpaired) electrons. The van der Waals surface area contributed by atoms with Crippen LogP contribution in [0.1, 0.15) is 118 Å². The highest BCUT2D eigenvalue weighted by atomic mass is 16.5. The van der Waals surface area contributed by atoms with Gasteiger partial charge in [0.05, 0.1) is 5.41 Å². The Morgan fingerprint density at radius 1 is 0.895 bits per heavy atom. The van der Waals surface area contributed by atoms with Gasteiger partial charge in [-0.05, 0) is 117 Å². The van der Waals surface area contributed by atoms with Gasteiger partial charge in [0.15, 0.2) is 0 Å². The van der Waals surface area contributed by atoms with Crippen molar-refractivity contribution >= 4 is 17.9 Å². The molecule has 9 unspecified atom stereocenters. The molecule has 0 spiro atoms. The predicted molar refractivity (Wildman–Crippen MR) is 144 cm³/mol. The monoisotopic (exact) mass is 528 g/mol. The zero-order valence-electron chi connectivity index (χ0n) is 23.9. The van der Waals surface area contributed by atoms with Gasteiger partial charge in [-0.2, -0.15) is 0 Å². The maximum atomic E-state index is 12.6. The van der Waals surface area contributed by atoms with Gasteiger partial charge in [-0.3, -0.25) is 14.4 Å². The molecule has 5 aliphatic rings. The van der Waals surface area contributed by atoms with E-state index in [0.29, 0.717) is 36.0 Å². The summed E-state index contributed by atoms with van der Waals surface area (Å²) < 4.78 is 5.93. The Labute approximate surface area is 228 Å². The van der Waals surface area contributed by atoms with Crippen molar-refractivity contribution in [3.8, 4) is 0 Å². The predicted octanol–water partition coefficient (Wildman–Crippen LogP) is 7.01. The van der Waals surface area contributed by atoms with E-state index in [0.717, 1.165) is 64.2 Å². The van der Waals surface area contributed by atoms with Gasteiger partial charge >= 0.3 is 17.9 Å². The van der Waals surface area contributed by atoms with E-state index in [9.17, 15) is 19.5 Å². The van der Waals surface area contributed by atoms with Crippen molar-refractivity contribution in [3.05, 3.63) is 11.1 Å². The Bertz CT molecular complexity index is 1020. The second-order valence-electron chi connectivity index (χ2n) is 14.3. The van der Waals surface area contributed by atoms with Crippen molar-refractivity contribution in [3.63, 3.8) is 0 Å². The number of fused-ring (bicyclic) bond motifs is 6. The third kappa shape index (κ3) is 4.33. The first-order chi connectivity index (χ1) is 17.9. The van der Waals surface area contributed by atoms with E-state index in [1.54, 1.807) is 0 Å². The normalized spacial score (nSPS) is 44.2. The number of rotatable bonds is 6. The fourth-order valence-electron chi connectivity index (χ4n) is 10.5. The van der Waals surface area contributed by atoms with Gasteiger partial charge in [-0.1, -0.05) is 38.8 Å². The van der Waals surface area contributed by atoms with Crippen LogP contribution in [0.2, 0.25) is 0 Å². The van der Waals surface area contributed by atoms with Crippen LogP contribution >= 0.6 is 0 Å². The maximum absolute atomic E-state index is 12.6. The molecular formula is C32H48O6. The van der Waals surface area contributed by atoms with Gasteiger partial charge in [0.25, 0.3) is 0 Å². The van der Waals surface area contributed by atoms with Gasteiger partial charge in [-0.15, -0.1) is 0 Å². The zero-order chi connectivity index (χ0) is 27.5. The lowest BCUT2D eigenvalue weighted by atomic mass is 9.39. The van der Waals surface area contributed by atoms with E-state index >= 15 is 0 Å². The molecule has 0 aromatic carbocycles. The molecule has 4 saturated carbocycles. The first-order valence-electron chi connectivity index (χ1n) is 15.3. The summed E-state index contributed by atoms with van der Waals surface area (Å²) in [5, 5.41) is 19.2. The molecule has 5 rings (SSSR count). The Hall–Kier alpha value is -1.85. The lowest BCUT2D eigenvalue weighted by molar-refractivity contribution is -0.180. The third-order valence-electron chi connectivity index (χ3n) is 12.4. The highest BCUT2D eigenvalue weighted by Crippen LogP contribution is 2.70. The molecule has 0 aromatic heterocycles. The number of allylic oxidation sites excluding steroid dienone is 1. The summed E-state index contributed by atoms with van der Waals surface area (Å²) in [6.07, 6.45) is 11.5. The minimum Gasteiger partial charge on any atom is -0.481 e. The first kappa shape index (κ1) is 27.7. The second kappa shape index (κ2) is 9.96. The Kier molecular flexibility index (Phi) is 7.26. The fraction of sp³-hybridized carbons (Fsp3) is 0.844. The molecule has 6 heteroatoms. The number of carbonyl (C=O) groups excluding carboxylic acids is 1. The molecule has 0 aromatic rings. The highest BCUT2D eigenvalue weighted by Gasteiger charge is 2.63. The molecule has 5 aliphatic carbocycles. The van der Waals surface area contributed by atoms with Crippen LogP contribution in [0, 0.1) is 45.8 Å². The van der Waals surface area contributed by atoms with Crippen molar-refractivity contribution in [1.29, 1.82) is 0 Å². The van der Waals surface area contributed by atoms with E-state index in [1.165, 1.54) is 17.6 Å². The Morgan fingerprint density at radius 2 is 1.61 bits per heavy atom. The van der Waals surface area contributed by atoms with Gasteiger partial charge in [0, 0.05) is 12.8 Å². The largest absolute Gasteiger partial charge is 0.481 e. The minimum atomic E-state index is -0.874. The van der Waals surface area contributed by atoms with E-state index in [4.69, 9.17) is 9.84 Å². The van der Waals surface area contributed by atoms with Gasteiger partial charge in [-0.25, -0.2) is 0 Å². The summed E-state index contributed by atoms with van der Waals surface area (Å²) in [5.41, 5.74) is 2.65. The number of hydrogen-bond acceptors (Lipinski definition) is 4. The quantitative estimate of drug-likeness (QED) is 0.284. The highest BCUT2D eigenvalue weighted by molar-refractivity contribution is 5.80. The summed E-state index contributed by atoms with van der Waals surface area (Å²) in [6, 6.07) is 0. The number of ether oxygens (including phenoxy) is 1. The smallest absolute Gasteiger partial charge is 0.313 e. The molecule has 0 saturated heterocycles. The van der Waals surface area contributed by atoms with Crippen LogP contribution in [0.5, 0.6) is 0 Å². The first-order valence-corrected chi connectivity index (χ1v) is 15.3. The van der Waals surface area contributed by atoms with Gasteiger partial charge in [0.2, 0.25) is 0 Å². The summed E-state index contributed by atoms with van der Waals surface area (Å²) in [6.45, 7) is 9.60. The van der Waals surface area contributed by atoms with Crippen molar-refractivity contribution in [2.75, 3.05) is 0 Å². The molecule has 0 aliphatic heterocycles. The standard InChI is InChI=1S/C32H48O6/c1-19-10-16-32(29(36)37)17-12-23-21(24(32)18-19)8-9-26-30(3)15-13-25(38-28(35)7-5-6-27(33)34)20(2)22(30)11-14-31(23,26)4/h19-20,22-23,25-26H,5-18H2,1-4H3,(H,33,34)(H,36,37). The molecule has 0 heterocycles. The molecular weight excluding hydrogens is 480 g/mol. The van der Waals surface area contributed by atoms with E-state index in [1.807, 2.05) is 0 Å². The number of hydrogen-bond donors (Lipinski definition) is 2. The number of carboxylic acids is 2. The summed E-state index contributed by atoms with van der Waals surface area (Å²) in [5.74, 6) is 0.780. The average molecular weight is 529 g/mol. The number of carbonyl (C=O) groups is 3. The molecule has 6 nitrogen and oxygen atoms in total. The molecule has 0 amide bonds. The van der Waals surface area contributed by atoms with Gasteiger partial charge < -0.3 is 14.9 Å². The molecule has 212 valence electrons. The van der Waals surface area contributed by atoms with Crippen LogP contribution in [0.4, 0.5) is 0 Å². The number of esters is 1. The maximum Gasteiger partial charge on any atom is 0.313 e. The molecule has 38 heavy (non-hydrogen) atoms. The molecule has 0 bridgehead atoms. The lowest BCUT2D eigenvalue weighted by Crippen LogP contribution is -2.59. The Morgan fingerprint density at radius 3 is 2.32 bits per heavy atom. The van der Waals surface area contributed by atoms with Crippen molar-refractivity contribution in [1.82, 2.24) is 0 Å². The molecule has 4 fully saturated rings. The lowest BCUT2D eigenvalue weighted by Gasteiger charge is -2.66. The van der Waals surface area contributed by atoms with Crippen LogP contribution in [0.25, 0.3) is 0 Å². The van der Waals surface area contributed by atoms with Crippen LogP contribution < -0.4 is 0 Å². The Balaban J connectivity index is 1.35. The van der Waals surface area contributed by atoms with E-state index in [-0.39, 0.29) is 35.7 Å².